The molecule has 0 bridgehead atoms. The van der Waals surface area contributed by atoms with Crippen LogP contribution in [0.5, 0.6) is 5.75 Å². The Hall–Kier alpha value is -3.99. The van der Waals surface area contributed by atoms with E-state index in [0.717, 1.165) is 11.3 Å². The number of hydrogen-bond donors (Lipinski definition) is 3. The summed E-state index contributed by atoms with van der Waals surface area (Å²) in [6, 6.07) is 13.7. The fourth-order valence-electron chi connectivity index (χ4n) is 3.42. The van der Waals surface area contributed by atoms with Gasteiger partial charge in [-0.05, 0) is 74.6 Å². The summed E-state index contributed by atoms with van der Waals surface area (Å²) in [5.74, 6) is 0.309. The van der Waals surface area contributed by atoms with E-state index in [-0.39, 0.29) is 31.3 Å². The first-order valence-electron chi connectivity index (χ1n) is 11.2. The topological polar surface area (TPSA) is 135 Å². The van der Waals surface area contributed by atoms with Crippen molar-refractivity contribution >= 4 is 35.6 Å². The van der Waals surface area contributed by atoms with Crippen LogP contribution in [0.15, 0.2) is 48.5 Å². The van der Waals surface area contributed by atoms with Crippen LogP contribution in [0.4, 0.5) is 5.69 Å². The van der Waals surface area contributed by atoms with Crippen LogP contribution < -0.4 is 15.8 Å². The molecule has 11 heteroatoms. The van der Waals surface area contributed by atoms with Crippen molar-refractivity contribution < 1.29 is 19.1 Å². The molecular formula is C24H28N6O4S. The molecule has 35 heavy (non-hydrogen) atoms. The first-order valence-corrected chi connectivity index (χ1v) is 11.6. The third-order valence-electron chi connectivity index (χ3n) is 5.27. The van der Waals surface area contributed by atoms with E-state index in [4.69, 9.17) is 22.7 Å². The number of amides is 3. The van der Waals surface area contributed by atoms with Crippen molar-refractivity contribution in [2.24, 2.45) is 5.73 Å². The van der Waals surface area contributed by atoms with Gasteiger partial charge in [0, 0.05) is 36.3 Å². The molecular weight excluding hydrogens is 468 g/mol. The Labute approximate surface area is 208 Å². The molecule has 0 spiro atoms. The quantitative estimate of drug-likeness (QED) is 0.349. The van der Waals surface area contributed by atoms with E-state index < -0.39 is 5.91 Å². The van der Waals surface area contributed by atoms with Crippen LogP contribution in [0.25, 0.3) is 11.4 Å². The summed E-state index contributed by atoms with van der Waals surface area (Å²) in [6.07, 6.45) is 0.111. The van der Waals surface area contributed by atoms with Gasteiger partial charge in [0.05, 0.1) is 6.61 Å². The van der Waals surface area contributed by atoms with Crippen molar-refractivity contribution in [2.45, 2.75) is 26.8 Å². The molecule has 0 aliphatic heterocycles. The maximum absolute atomic E-state index is 13.0. The van der Waals surface area contributed by atoms with E-state index in [1.807, 2.05) is 38.1 Å². The third kappa shape index (κ3) is 6.76. The molecule has 1 aromatic heterocycles. The van der Waals surface area contributed by atoms with E-state index in [1.54, 1.807) is 21.6 Å². The van der Waals surface area contributed by atoms with Crippen molar-refractivity contribution in [3.05, 3.63) is 58.9 Å². The number of ether oxygens (including phenoxy) is 1. The van der Waals surface area contributed by atoms with Gasteiger partial charge in [0.25, 0.3) is 0 Å². The largest absolute Gasteiger partial charge is 0.494 e. The standard InChI is InChI=1S/C24H28N6O4S/c1-3-29(14-13-20(31)26-18-9-5-16(6-10-18)22(25)33)21(32)15-30-23(27-28-24(30)35)17-7-11-19(12-8-17)34-4-2/h5-12H,3-4,13-15H2,1-2H3,(H2,25,33)(H,26,31)(H,28,35). The number of aromatic amines is 1. The Morgan fingerprint density at radius 1 is 1.11 bits per heavy atom. The van der Waals surface area contributed by atoms with Crippen LogP contribution in [-0.2, 0) is 16.1 Å². The summed E-state index contributed by atoms with van der Waals surface area (Å²) in [5.41, 5.74) is 6.91. The second-order valence-corrected chi connectivity index (χ2v) is 8.00. The summed E-state index contributed by atoms with van der Waals surface area (Å²) in [6.45, 7) is 4.99. The maximum atomic E-state index is 13.0. The van der Waals surface area contributed by atoms with E-state index in [0.29, 0.717) is 35.0 Å². The van der Waals surface area contributed by atoms with Gasteiger partial charge >= 0.3 is 0 Å². The number of benzene rings is 2. The van der Waals surface area contributed by atoms with E-state index in [1.165, 1.54) is 12.1 Å². The highest BCUT2D eigenvalue weighted by Crippen LogP contribution is 2.21. The molecule has 2 aromatic carbocycles. The summed E-state index contributed by atoms with van der Waals surface area (Å²) >= 11 is 5.34. The average Bonchev–Trinajstić information content (AvgIpc) is 3.20. The molecule has 0 radical (unpaired) electrons. The number of aromatic nitrogens is 3. The minimum atomic E-state index is -0.539. The zero-order valence-electron chi connectivity index (χ0n) is 19.6. The minimum absolute atomic E-state index is 0.0120. The molecule has 3 aromatic rings. The number of nitrogens with two attached hydrogens (primary N) is 1. The number of nitrogens with one attached hydrogen (secondary N) is 2. The van der Waals surface area contributed by atoms with Gasteiger partial charge in [0.15, 0.2) is 10.6 Å². The summed E-state index contributed by atoms with van der Waals surface area (Å²) < 4.78 is 7.44. The SMILES string of the molecule is CCOc1ccc(-c2n[nH]c(=S)n2CC(=O)N(CC)CCC(=O)Nc2ccc(C(N)=O)cc2)cc1. The van der Waals surface area contributed by atoms with Crippen LogP contribution in [0, 0.1) is 4.77 Å². The lowest BCUT2D eigenvalue weighted by atomic mass is 10.2. The van der Waals surface area contributed by atoms with Crippen LogP contribution in [0.1, 0.15) is 30.6 Å². The van der Waals surface area contributed by atoms with Crippen molar-refractivity contribution in [1.82, 2.24) is 19.7 Å². The molecule has 0 saturated heterocycles. The molecule has 0 fully saturated rings. The van der Waals surface area contributed by atoms with Gasteiger partial charge in [-0.1, -0.05) is 0 Å². The molecule has 0 saturated carbocycles. The van der Waals surface area contributed by atoms with Gasteiger partial charge in [0.2, 0.25) is 17.7 Å². The number of rotatable bonds is 11. The van der Waals surface area contributed by atoms with Crippen LogP contribution >= 0.6 is 12.2 Å². The van der Waals surface area contributed by atoms with Crippen molar-refractivity contribution in [3.63, 3.8) is 0 Å². The highest BCUT2D eigenvalue weighted by Gasteiger charge is 2.18. The number of anilines is 1. The van der Waals surface area contributed by atoms with E-state index in [9.17, 15) is 14.4 Å². The molecule has 4 N–H and O–H groups in total. The fourth-order valence-corrected chi connectivity index (χ4v) is 3.62. The smallest absolute Gasteiger partial charge is 0.248 e. The Morgan fingerprint density at radius 3 is 2.40 bits per heavy atom. The van der Waals surface area contributed by atoms with Crippen LogP contribution in [-0.4, -0.2) is 57.1 Å². The second-order valence-electron chi connectivity index (χ2n) is 7.61. The Kier molecular flexibility index (Phi) is 8.74. The minimum Gasteiger partial charge on any atom is -0.494 e. The van der Waals surface area contributed by atoms with Gasteiger partial charge in [-0.15, -0.1) is 0 Å². The molecule has 10 nitrogen and oxygen atoms in total. The van der Waals surface area contributed by atoms with Crippen molar-refractivity contribution in [2.75, 3.05) is 25.0 Å². The summed E-state index contributed by atoms with van der Waals surface area (Å²) in [7, 11) is 0. The first-order chi connectivity index (χ1) is 16.8. The number of nitrogens with zero attached hydrogens (tertiary/aromatic N) is 3. The summed E-state index contributed by atoms with van der Waals surface area (Å²) in [4.78, 5) is 38.1. The normalized spacial score (nSPS) is 10.6. The Bertz CT molecular complexity index is 1230. The van der Waals surface area contributed by atoms with Gasteiger partial charge < -0.3 is 20.7 Å². The van der Waals surface area contributed by atoms with Crippen molar-refractivity contribution in [1.29, 1.82) is 0 Å². The molecule has 184 valence electrons. The van der Waals surface area contributed by atoms with Gasteiger partial charge in [0.1, 0.15) is 12.3 Å². The first kappa shape index (κ1) is 25.6. The zero-order valence-corrected chi connectivity index (χ0v) is 20.4. The molecule has 3 amide bonds. The predicted molar refractivity (Wildman–Crippen MR) is 134 cm³/mol. The monoisotopic (exact) mass is 496 g/mol. The zero-order chi connectivity index (χ0) is 25.4. The Balaban J connectivity index is 1.61. The number of carbonyl (C=O) groups is 3. The maximum Gasteiger partial charge on any atom is 0.248 e. The van der Waals surface area contributed by atoms with Gasteiger partial charge in [-0.2, -0.15) is 5.10 Å². The molecule has 1 heterocycles. The number of carbonyl (C=O) groups excluding carboxylic acids is 3. The molecule has 0 aliphatic carbocycles. The fraction of sp³-hybridized carbons (Fsp3) is 0.292. The van der Waals surface area contributed by atoms with E-state index >= 15 is 0 Å². The highest BCUT2D eigenvalue weighted by atomic mass is 32.1. The second kappa shape index (κ2) is 11.9. The summed E-state index contributed by atoms with van der Waals surface area (Å²) in [5, 5.41) is 9.78. The molecule has 0 aliphatic rings. The van der Waals surface area contributed by atoms with Gasteiger partial charge in [-0.25, -0.2) is 0 Å². The number of likely N-dealkylation sites (N-methyl/N-ethyl adjacent to an activating group) is 1. The van der Waals surface area contributed by atoms with E-state index in [2.05, 4.69) is 15.5 Å². The lowest BCUT2D eigenvalue weighted by molar-refractivity contribution is -0.132. The Morgan fingerprint density at radius 2 is 1.80 bits per heavy atom. The molecule has 3 rings (SSSR count). The lowest BCUT2D eigenvalue weighted by Gasteiger charge is -2.21. The highest BCUT2D eigenvalue weighted by molar-refractivity contribution is 7.71. The molecule has 0 unspecified atom stereocenters. The molecule has 0 atom stereocenters. The predicted octanol–water partition coefficient (Wildman–Crippen LogP) is 2.98. The van der Waals surface area contributed by atoms with Crippen LogP contribution in [0.3, 0.4) is 0 Å². The van der Waals surface area contributed by atoms with Crippen molar-refractivity contribution in [3.8, 4) is 17.1 Å². The lowest BCUT2D eigenvalue weighted by Crippen LogP contribution is -2.36. The third-order valence-corrected chi connectivity index (χ3v) is 5.58. The van der Waals surface area contributed by atoms with Crippen LogP contribution in [0.2, 0.25) is 0 Å². The number of hydrogen-bond acceptors (Lipinski definition) is 6. The number of H-pyrrole nitrogens is 1. The average molecular weight is 497 g/mol. The number of primary amides is 1. The van der Waals surface area contributed by atoms with Gasteiger partial charge in [-0.3, -0.25) is 24.0 Å².